The first-order chi connectivity index (χ1) is 18.2. The van der Waals surface area contributed by atoms with Crippen molar-refractivity contribution in [3.8, 4) is 34.0 Å². The van der Waals surface area contributed by atoms with E-state index in [1.54, 1.807) is 18.2 Å². The Morgan fingerprint density at radius 2 is 1.74 bits per heavy atom. The Morgan fingerprint density at radius 3 is 2.47 bits per heavy atom. The van der Waals surface area contributed by atoms with Crippen molar-refractivity contribution in [2.24, 2.45) is 0 Å². The quantitative estimate of drug-likeness (QED) is 0.308. The van der Waals surface area contributed by atoms with Crippen LogP contribution < -0.4 is 20.5 Å². The number of rotatable bonds is 5. The van der Waals surface area contributed by atoms with E-state index < -0.39 is 18.1 Å². The first kappa shape index (κ1) is 25.5. The zero-order chi connectivity index (χ0) is 26.9. The Morgan fingerprint density at radius 1 is 0.974 bits per heavy atom. The van der Waals surface area contributed by atoms with Crippen LogP contribution in [0.1, 0.15) is 24.2 Å². The second kappa shape index (κ2) is 10.3. The topological polar surface area (TPSA) is 82.3 Å². The van der Waals surface area contributed by atoms with E-state index in [9.17, 15) is 17.6 Å². The summed E-state index contributed by atoms with van der Waals surface area (Å²) in [6.45, 7) is 3.11. The van der Waals surface area contributed by atoms with Crippen LogP contribution in [0.5, 0.6) is 11.6 Å². The van der Waals surface area contributed by atoms with Gasteiger partial charge in [-0.1, -0.05) is 48.5 Å². The largest absolute Gasteiger partial charge is 0.492 e. The highest BCUT2D eigenvalue weighted by Crippen LogP contribution is 2.38. The monoisotopic (exact) mass is 524 g/mol. The lowest BCUT2D eigenvalue weighted by Crippen LogP contribution is -2.28. The molecule has 4 aromatic rings. The van der Waals surface area contributed by atoms with Crippen molar-refractivity contribution in [1.29, 1.82) is 0 Å². The van der Waals surface area contributed by atoms with E-state index in [1.807, 2.05) is 13.0 Å². The van der Waals surface area contributed by atoms with Crippen molar-refractivity contribution in [2.75, 3.05) is 12.3 Å². The van der Waals surface area contributed by atoms with Crippen LogP contribution in [0.2, 0.25) is 0 Å². The summed E-state index contributed by atoms with van der Waals surface area (Å²) in [5.41, 5.74) is 8.66. The summed E-state index contributed by atoms with van der Waals surface area (Å²) < 4.78 is 67.0. The Balaban J connectivity index is 1.43. The van der Waals surface area contributed by atoms with Crippen LogP contribution >= 0.6 is 0 Å². The van der Waals surface area contributed by atoms with Crippen LogP contribution in [0, 0.1) is 5.82 Å². The molecule has 1 aliphatic rings. The van der Waals surface area contributed by atoms with Crippen molar-refractivity contribution in [3.63, 3.8) is 0 Å². The minimum atomic E-state index is -4.75. The molecule has 2 unspecified atom stereocenters. The maximum atomic E-state index is 14.1. The summed E-state index contributed by atoms with van der Waals surface area (Å²) in [5.74, 6) is -0.334. The lowest BCUT2D eigenvalue weighted by Gasteiger charge is -2.22. The van der Waals surface area contributed by atoms with Crippen LogP contribution in [-0.2, 0) is 6.54 Å². The zero-order valence-corrected chi connectivity index (χ0v) is 20.3. The molecule has 6 nitrogen and oxygen atoms in total. The van der Waals surface area contributed by atoms with Crippen molar-refractivity contribution < 1.29 is 27.0 Å². The van der Waals surface area contributed by atoms with E-state index in [0.717, 1.165) is 5.56 Å². The van der Waals surface area contributed by atoms with Gasteiger partial charge in [0.15, 0.2) is 0 Å². The van der Waals surface area contributed by atoms with E-state index >= 15 is 0 Å². The average Bonchev–Trinajstić information content (AvgIpc) is 3.07. The fraction of sp³-hybridized carbons (Fsp3) is 0.214. The fourth-order valence-electron chi connectivity index (χ4n) is 4.17. The summed E-state index contributed by atoms with van der Waals surface area (Å²) in [4.78, 5) is 8.08. The Bertz CT molecular complexity index is 1440. The number of fused-ring (bicyclic) bond motifs is 1. The molecule has 1 aromatic heterocycles. The summed E-state index contributed by atoms with van der Waals surface area (Å²) >= 11 is 0. The van der Waals surface area contributed by atoms with E-state index in [1.165, 1.54) is 48.5 Å². The number of nitrogens with zero attached hydrogens (tertiary/aromatic N) is 2. The van der Waals surface area contributed by atoms with E-state index in [-0.39, 0.29) is 23.4 Å². The van der Waals surface area contributed by atoms with E-state index in [4.69, 9.17) is 15.2 Å². The number of nitrogens with one attached hydrogen (secondary N) is 1. The molecule has 0 saturated heterocycles. The molecule has 2 atom stereocenters. The second-order valence-electron chi connectivity index (χ2n) is 9.04. The SMILES string of the molecule is CC1COc2cc(-c3cc(OC(c4ccc(-c5cccc(F)c5)cc4)C(F)(F)F)nc(N)n3)ccc2CN1. The predicted octanol–water partition coefficient (Wildman–Crippen LogP) is 6.08. The van der Waals surface area contributed by atoms with Gasteiger partial charge < -0.3 is 20.5 Å². The smallest absolute Gasteiger partial charge is 0.429 e. The number of nitrogens with two attached hydrogens (primary N) is 1. The summed E-state index contributed by atoms with van der Waals surface area (Å²) in [7, 11) is 0. The molecule has 2 heterocycles. The van der Waals surface area contributed by atoms with Gasteiger partial charge >= 0.3 is 6.18 Å². The molecule has 196 valence electrons. The number of hydrogen-bond acceptors (Lipinski definition) is 6. The number of alkyl halides is 3. The number of anilines is 1. The number of nitrogen functional groups attached to an aromatic ring is 1. The van der Waals surface area contributed by atoms with Gasteiger partial charge in [0, 0.05) is 35.3 Å². The molecule has 0 bridgehead atoms. The van der Waals surface area contributed by atoms with Gasteiger partial charge in [-0.25, -0.2) is 9.37 Å². The molecular weight excluding hydrogens is 500 g/mol. The number of hydrogen-bond donors (Lipinski definition) is 2. The fourth-order valence-corrected chi connectivity index (χ4v) is 4.17. The third kappa shape index (κ3) is 5.70. The second-order valence-corrected chi connectivity index (χ2v) is 9.04. The van der Waals surface area contributed by atoms with Gasteiger partial charge in [0.2, 0.25) is 17.9 Å². The van der Waals surface area contributed by atoms with E-state index in [2.05, 4.69) is 15.3 Å². The Labute approximate surface area is 216 Å². The lowest BCUT2D eigenvalue weighted by atomic mass is 10.0. The molecule has 3 aromatic carbocycles. The minimum absolute atomic E-state index is 0.142. The summed E-state index contributed by atoms with van der Waals surface area (Å²) in [6, 6.07) is 18.3. The van der Waals surface area contributed by atoms with Crippen LogP contribution in [0.4, 0.5) is 23.5 Å². The molecule has 10 heteroatoms. The Kier molecular flexibility index (Phi) is 6.90. The average molecular weight is 525 g/mol. The van der Waals surface area contributed by atoms with Crippen LogP contribution in [-0.4, -0.2) is 28.8 Å². The van der Waals surface area contributed by atoms with Gasteiger partial charge in [0.25, 0.3) is 0 Å². The van der Waals surface area contributed by atoms with Gasteiger partial charge in [-0.3, -0.25) is 0 Å². The van der Waals surface area contributed by atoms with Gasteiger partial charge in [-0.15, -0.1) is 0 Å². The van der Waals surface area contributed by atoms with Gasteiger partial charge in [-0.2, -0.15) is 18.2 Å². The van der Waals surface area contributed by atoms with Crippen LogP contribution in [0.3, 0.4) is 0 Å². The minimum Gasteiger partial charge on any atom is -0.492 e. The third-order valence-corrected chi connectivity index (χ3v) is 6.12. The maximum Gasteiger partial charge on any atom is 0.429 e. The highest BCUT2D eigenvalue weighted by atomic mass is 19.4. The molecule has 0 amide bonds. The van der Waals surface area contributed by atoms with Gasteiger partial charge in [-0.05, 0) is 36.2 Å². The summed E-state index contributed by atoms with van der Waals surface area (Å²) in [6.07, 6.45) is -7.06. The molecular formula is C28H24F4N4O2. The first-order valence-corrected chi connectivity index (χ1v) is 11.9. The Hall–Kier alpha value is -4.18. The highest BCUT2D eigenvalue weighted by molar-refractivity contribution is 5.65. The van der Waals surface area contributed by atoms with Crippen LogP contribution in [0.25, 0.3) is 22.4 Å². The zero-order valence-electron chi connectivity index (χ0n) is 20.3. The molecule has 0 radical (unpaired) electrons. The molecule has 0 spiro atoms. The molecule has 0 aliphatic carbocycles. The standard InChI is InChI=1S/C28H24F4N4O2/c1-16-15-37-24-12-20(9-10-21(24)14-34-16)23-13-25(36-27(33)35-23)38-26(28(30,31)32)18-7-5-17(6-8-18)19-3-2-4-22(29)11-19/h2-13,16,26,34H,14-15H2,1H3,(H2,33,35,36). The van der Waals surface area contributed by atoms with Gasteiger partial charge in [0.05, 0.1) is 5.69 Å². The third-order valence-electron chi connectivity index (χ3n) is 6.12. The van der Waals surface area contributed by atoms with Crippen LogP contribution in [0.15, 0.2) is 72.8 Å². The number of benzene rings is 3. The number of halogens is 4. The van der Waals surface area contributed by atoms with Crippen molar-refractivity contribution in [1.82, 2.24) is 15.3 Å². The maximum absolute atomic E-state index is 14.1. The van der Waals surface area contributed by atoms with Crippen molar-refractivity contribution >= 4 is 5.95 Å². The molecule has 5 rings (SSSR count). The first-order valence-electron chi connectivity index (χ1n) is 11.9. The van der Waals surface area contributed by atoms with Gasteiger partial charge in [0.1, 0.15) is 18.2 Å². The number of ether oxygens (including phenoxy) is 2. The molecule has 0 saturated carbocycles. The molecule has 3 N–H and O–H groups in total. The number of aromatic nitrogens is 2. The normalized spacial score (nSPS) is 16.2. The summed E-state index contributed by atoms with van der Waals surface area (Å²) in [5, 5.41) is 3.33. The molecule has 1 aliphatic heterocycles. The van der Waals surface area contributed by atoms with Crippen molar-refractivity contribution in [3.05, 3.63) is 89.7 Å². The molecule has 0 fully saturated rings. The highest BCUT2D eigenvalue weighted by Gasteiger charge is 2.43. The molecule has 38 heavy (non-hydrogen) atoms. The predicted molar refractivity (Wildman–Crippen MR) is 135 cm³/mol. The van der Waals surface area contributed by atoms with E-state index in [0.29, 0.717) is 41.3 Å². The lowest BCUT2D eigenvalue weighted by molar-refractivity contribution is -0.198. The van der Waals surface area contributed by atoms with Crippen molar-refractivity contribution in [2.45, 2.75) is 31.8 Å².